The zero-order valence-electron chi connectivity index (χ0n) is 14.4. The zero-order chi connectivity index (χ0) is 18.7. The summed E-state index contributed by atoms with van der Waals surface area (Å²) in [5, 5.41) is 0. The van der Waals surface area contributed by atoms with Crippen LogP contribution in [0.2, 0.25) is 0 Å². The highest BCUT2D eigenvalue weighted by Crippen LogP contribution is 2.11. The van der Waals surface area contributed by atoms with Crippen LogP contribution in [0, 0.1) is 0 Å². The van der Waals surface area contributed by atoms with Gasteiger partial charge in [0, 0.05) is 26.0 Å². The Bertz CT molecular complexity index is 1050. The number of nitrogens with one attached hydrogen (secondary N) is 1. The highest BCUT2D eigenvalue weighted by Gasteiger charge is 2.18. The van der Waals surface area contributed by atoms with E-state index in [9.17, 15) is 14.4 Å². The van der Waals surface area contributed by atoms with Crippen molar-refractivity contribution < 1.29 is 9.53 Å². The van der Waals surface area contributed by atoms with Crippen molar-refractivity contribution in [1.82, 2.24) is 29.1 Å². The normalized spacial score (nSPS) is 11.0. The van der Waals surface area contributed by atoms with E-state index in [1.165, 1.54) is 27.7 Å². The van der Waals surface area contributed by atoms with Gasteiger partial charge in [0.15, 0.2) is 16.9 Å². The highest BCUT2D eigenvalue weighted by atomic mass is 16.5. The Morgan fingerprint density at radius 3 is 2.81 bits per heavy atom. The van der Waals surface area contributed by atoms with Crippen molar-refractivity contribution in [3.8, 4) is 0 Å². The standard InChI is InChI=1S/C16H18N6O4/c1-3-4-7-22-13-12(14(23)20-16(22)25)21(2)11(19-13)9-26-15(24)10-8-17-5-6-18-10/h5-6,8H,3-4,7,9H2,1-2H3,(H,20,23,25). The molecule has 0 saturated heterocycles. The number of carbonyl (C=O) groups is 1. The Morgan fingerprint density at radius 1 is 1.31 bits per heavy atom. The van der Waals surface area contributed by atoms with Crippen LogP contribution in [0.15, 0.2) is 28.2 Å². The fourth-order valence-corrected chi connectivity index (χ4v) is 2.55. The number of imidazole rings is 1. The molecule has 0 amide bonds. The molecule has 3 aromatic rings. The molecule has 136 valence electrons. The fourth-order valence-electron chi connectivity index (χ4n) is 2.55. The summed E-state index contributed by atoms with van der Waals surface area (Å²) < 4.78 is 8.13. The number of unbranched alkanes of at least 4 members (excludes halogenated alkanes) is 1. The third-order valence-electron chi connectivity index (χ3n) is 3.95. The van der Waals surface area contributed by atoms with Crippen LogP contribution in [0.4, 0.5) is 0 Å². The molecule has 0 unspecified atom stereocenters. The third kappa shape index (κ3) is 3.25. The molecule has 3 heterocycles. The van der Waals surface area contributed by atoms with Crippen LogP contribution in [-0.2, 0) is 24.9 Å². The van der Waals surface area contributed by atoms with Crippen molar-refractivity contribution in [2.45, 2.75) is 32.9 Å². The van der Waals surface area contributed by atoms with E-state index in [1.807, 2.05) is 6.92 Å². The van der Waals surface area contributed by atoms with E-state index in [0.717, 1.165) is 12.8 Å². The average molecular weight is 358 g/mol. The van der Waals surface area contributed by atoms with Crippen molar-refractivity contribution in [2.75, 3.05) is 0 Å². The lowest BCUT2D eigenvalue weighted by molar-refractivity contribution is 0.0452. The van der Waals surface area contributed by atoms with E-state index >= 15 is 0 Å². The first-order chi connectivity index (χ1) is 12.5. The van der Waals surface area contributed by atoms with Crippen molar-refractivity contribution in [3.05, 3.63) is 50.9 Å². The second-order valence-corrected chi connectivity index (χ2v) is 5.69. The number of hydrogen-bond donors (Lipinski definition) is 1. The number of aryl methyl sites for hydroxylation is 2. The lowest BCUT2D eigenvalue weighted by Gasteiger charge is -2.04. The minimum Gasteiger partial charge on any atom is -0.453 e. The number of aromatic amines is 1. The first-order valence-corrected chi connectivity index (χ1v) is 8.14. The number of nitrogens with zero attached hydrogens (tertiary/aromatic N) is 5. The Labute approximate surface area is 147 Å². The topological polar surface area (TPSA) is 125 Å². The first kappa shape index (κ1) is 17.5. The van der Waals surface area contributed by atoms with Crippen LogP contribution in [0.25, 0.3) is 11.2 Å². The molecular weight excluding hydrogens is 340 g/mol. The minimum atomic E-state index is -0.651. The number of H-pyrrole nitrogens is 1. The smallest absolute Gasteiger partial charge is 0.358 e. The van der Waals surface area contributed by atoms with Gasteiger partial charge in [-0.2, -0.15) is 0 Å². The SMILES string of the molecule is CCCCn1c(=O)[nH]c(=O)c2c1nc(COC(=O)c1cnccn1)n2C. The van der Waals surface area contributed by atoms with Gasteiger partial charge in [0.1, 0.15) is 12.4 Å². The van der Waals surface area contributed by atoms with E-state index in [-0.39, 0.29) is 23.5 Å². The van der Waals surface area contributed by atoms with Crippen LogP contribution in [-0.4, -0.2) is 35.0 Å². The molecule has 3 aromatic heterocycles. The lowest BCUT2D eigenvalue weighted by atomic mass is 10.3. The van der Waals surface area contributed by atoms with Gasteiger partial charge in [0.2, 0.25) is 0 Å². The zero-order valence-corrected chi connectivity index (χ0v) is 14.4. The monoisotopic (exact) mass is 358 g/mol. The minimum absolute atomic E-state index is 0.0731. The number of esters is 1. The molecule has 26 heavy (non-hydrogen) atoms. The number of hydrogen-bond acceptors (Lipinski definition) is 7. The summed E-state index contributed by atoms with van der Waals surface area (Å²) >= 11 is 0. The third-order valence-corrected chi connectivity index (χ3v) is 3.95. The maximum atomic E-state index is 12.2. The van der Waals surface area contributed by atoms with Crippen molar-refractivity contribution in [1.29, 1.82) is 0 Å². The van der Waals surface area contributed by atoms with Crippen molar-refractivity contribution in [2.24, 2.45) is 7.05 Å². The summed E-state index contributed by atoms with van der Waals surface area (Å²) in [5.41, 5.74) is -0.424. The Balaban J connectivity index is 1.93. The average Bonchev–Trinajstić information content (AvgIpc) is 2.97. The summed E-state index contributed by atoms with van der Waals surface area (Å²) in [4.78, 5) is 50.6. The molecular formula is C16H18N6O4. The van der Waals surface area contributed by atoms with Gasteiger partial charge in [-0.25, -0.2) is 19.6 Å². The largest absolute Gasteiger partial charge is 0.453 e. The Kier molecular flexibility index (Phi) is 4.92. The molecule has 0 aromatic carbocycles. The van der Waals surface area contributed by atoms with E-state index in [2.05, 4.69) is 19.9 Å². The van der Waals surface area contributed by atoms with Crippen LogP contribution in [0.3, 0.4) is 0 Å². The van der Waals surface area contributed by atoms with Crippen LogP contribution < -0.4 is 11.2 Å². The van der Waals surface area contributed by atoms with Gasteiger partial charge >= 0.3 is 11.7 Å². The second kappa shape index (κ2) is 7.30. The molecule has 0 aliphatic heterocycles. The number of carbonyl (C=O) groups excluding carboxylic acids is 1. The van der Waals surface area contributed by atoms with Gasteiger partial charge in [-0.05, 0) is 6.42 Å². The first-order valence-electron chi connectivity index (χ1n) is 8.14. The number of ether oxygens (including phenoxy) is 1. The molecule has 0 atom stereocenters. The van der Waals surface area contributed by atoms with Crippen LogP contribution in [0.1, 0.15) is 36.1 Å². The van der Waals surface area contributed by atoms with E-state index in [1.54, 1.807) is 7.05 Å². The van der Waals surface area contributed by atoms with Gasteiger partial charge < -0.3 is 9.30 Å². The van der Waals surface area contributed by atoms with Crippen molar-refractivity contribution in [3.63, 3.8) is 0 Å². The maximum Gasteiger partial charge on any atom is 0.358 e. The molecule has 0 radical (unpaired) electrons. The van der Waals surface area contributed by atoms with Gasteiger partial charge in [-0.3, -0.25) is 19.3 Å². The lowest BCUT2D eigenvalue weighted by Crippen LogP contribution is -2.31. The van der Waals surface area contributed by atoms with Crippen LogP contribution in [0.5, 0.6) is 0 Å². The Morgan fingerprint density at radius 2 is 2.12 bits per heavy atom. The van der Waals surface area contributed by atoms with E-state index in [4.69, 9.17) is 4.74 Å². The maximum absolute atomic E-state index is 12.2. The summed E-state index contributed by atoms with van der Waals surface area (Å²) in [6.45, 7) is 2.28. The number of rotatable bonds is 6. The second-order valence-electron chi connectivity index (χ2n) is 5.69. The summed E-state index contributed by atoms with van der Waals surface area (Å²) in [6, 6.07) is 0. The predicted molar refractivity (Wildman–Crippen MR) is 91.7 cm³/mol. The fraction of sp³-hybridized carbons (Fsp3) is 0.375. The molecule has 10 heteroatoms. The molecule has 10 nitrogen and oxygen atoms in total. The van der Waals surface area contributed by atoms with Gasteiger partial charge in [0.05, 0.1) is 6.20 Å². The molecule has 0 aliphatic carbocycles. The summed E-state index contributed by atoms with van der Waals surface area (Å²) in [7, 11) is 1.63. The predicted octanol–water partition coefficient (Wildman–Crippen LogP) is 0.370. The molecule has 1 N–H and O–H groups in total. The molecule has 0 bridgehead atoms. The molecule has 0 saturated carbocycles. The molecule has 0 spiro atoms. The van der Waals surface area contributed by atoms with E-state index < -0.39 is 17.2 Å². The summed E-state index contributed by atoms with van der Waals surface area (Å²) in [6.07, 6.45) is 5.79. The molecule has 3 rings (SSSR count). The van der Waals surface area contributed by atoms with Crippen LogP contribution >= 0.6 is 0 Å². The quantitative estimate of drug-likeness (QED) is 0.631. The van der Waals surface area contributed by atoms with Crippen molar-refractivity contribution >= 4 is 17.1 Å². The molecule has 0 fully saturated rings. The number of fused-ring (bicyclic) bond motifs is 1. The molecule has 0 aliphatic rings. The van der Waals surface area contributed by atoms with Gasteiger partial charge in [-0.15, -0.1) is 0 Å². The Hall–Kier alpha value is -3.30. The number of aromatic nitrogens is 6. The van der Waals surface area contributed by atoms with Gasteiger partial charge in [0.25, 0.3) is 5.56 Å². The van der Waals surface area contributed by atoms with Gasteiger partial charge in [-0.1, -0.05) is 13.3 Å². The van der Waals surface area contributed by atoms with E-state index in [0.29, 0.717) is 12.4 Å². The summed E-state index contributed by atoms with van der Waals surface area (Å²) in [5.74, 6) is -0.305. The highest BCUT2D eigenvalue weighted by molar-refractivity contribution is 5.86.